The van der Waals surface area contributed by atoms with Gasteiger partial charge in [-0.25, -0.2) is 0 Å². The average Bonchev–Trinajstić information content (AvgIpc) is 3.00. The zero-order valence-corrected chi connectivity index (χ0v) is 19.7. The molecule has 0 unspecified atom stereocenters. The Hall–Kier alpha value is -2.49. The maximum Gasteiger partial charge on any atom is 0.325 e. The van der Waals surface area contributed by atoms with Crippen LogP contribution in [0.5, 0.6) is 11.5 Å². The molecule has 2 aromatic rings. The van der Waals surface area contributed by atoms with Crippen molar-refractivity contribution in [3.63, 3.8) is 0 Å². The highest BCUT2D eigenvalue weighted by atomic mass is 79.9. The number of rotatable bonds is 7. The predicted octanol–water partition coefficient (Wildman–Crippen LogP) is 4.90. The third-order valence-electron chi connectivity index (χ3n) is 4.27. The molecule has 0 radical (unpaired) electrons. The SMILES string of the molecule is COC(=O)CN1C(=O)S/C(=C/c2cc(Br)c(OCc3ccccc3Cl)c(OC)c2)C1=O. The highest BCUT2D eigenvalue weighted by molar-refractivity contribution is 9.10. The van der Waals surface area contributed by atoms with Crippen LogP contribution in [0.4, 0.5) is 4.79 Å². The molecule has 2 amide bonds. The molecule has 0 bridgehead atoms. The Morgan fingerprint density at radius 2 is 1.97 bits per heavy atom. The van der Waals surface area contributed by atoms with Crippen molar-refractivity contribution in [2.45, 2.75) is 6.61 Å². The Morgan fingerprint density at radius 1 is 1.23 bits per heavy atom. The highest BCUT2D eigenvalue weighted by Crippen LogP contribution is 2.39. The van der Waals surface area contributed by atoms with E-state index in [4.69, 9.17) is 21.1 Å². The molecule has 10 heteroatoms. The number of hydrogen-bond donors (Lipinski definition) is 0. The van der Waals surface area contributed by atoms with Crippen LogP contribution in [0.15, 0.2) is 45.8 Å². The van der Waals surface area contributed by atoms with Gasteiger partial charge in [0.05, 0.1) is 23.6 Å². The second-order valence-electron chi connectivity index (χ2n) is 6.26. The molecule has 1 heterocycles. The number of imide groups is 1. The van der Waals surface area contributed by atoms with E-state index in [1.807, 2.05) is 18.2 Å². The normalized spacial score (nSPS) is 14.8. The fourth-order valence-corrected chi connectivity index (χ4v) is 4.31. The molecule has 162 valence electrons. The summed E-state index contributed by atoms with van der Waals surface area (Å²) in [5.41, 5.74) is 1.43. The zero-order valence-electron chi connectivity index (χ0n) is 16.5. The zero-order chi connectivity index (χ0) is 22.5. The maximum atomic E-state index is 12.5. The van der Waals surface area contributed by atoms with Gasteiger partial charge in [-0.15, -0.1) is 0 Å². The Morgan fingerprint density at radius 3 is 2.65 bits per heavy atom. The third kappa shape index (κ3) is 5.41. The summed E-state index contributed by atoms with van der Waals surface area (Å²) in [6.07, 6.45) is 1.55. The number of thioether (sulfide) groups is 1. The second-order valence-corrected chi connectivity index (χ2v) is 8.51. The smallest absolute Gasteiger partial charge is 0.325 e. The van der Waals surface area contributed by atoms with E-state index in [0.29, 0.717) is 26.6 Å². The van der Waals surface area contributed by atoms with Gasteiger partial charge in [0, 0.05) is 10.6 Å². The molecule has 1 fully saturated rings. The first-order valence-corrected chi connectivity index (χ1v) is 10.9. The van der Waals surface area contributed by atoms with E-state index in [0.717, 1.165) is 22.2 Å². The van der Waals surface area contributed by atoms with Gasteiger partial charge in [0.2, 0.25) is 0 Å². The number of carbonyl (C=O) groups is 3. The van der Waals surface area contributed by atoms with Crippen LogP contribution < -0.4 is 9.47 Å². The molecule has 2 aromatic carbocycles. The van der Waals surface area contributed by atoms with Crippen molar-refractivity contribution in [2.24, 2.45) is 0 Å². The summed E-state index contributed by atoms with van der Waals surface area (Å²) in [5, 5.41) is 0.0595. The van der Waals surface area contributed by atoms with Crippen molar-refractivity contribution in [3.05, 3.63) is 61.9 Å². The summed E-state index contributed by atoms with van der Waals surface area (Å²) in [6.45, 7) is -0.194. The number of carbonyl (C=O) groups excluding carboxylic acids is 3. The number of methoxy groups -OCH3 is 2. The fourth-order valence-electron chi connectivity index (χ4n) is 2.71. The Labute approximate surface area is 196 Å². The molecule has 0 spiro atoms. The van der Waals surface area contributed by atoms with Gasteiger partial charge in [-0.1, -0.05) is 29.8 Å². The van der Waals surface area contributed by atoms with Gasteiger partial charge < -0.3 is 14.2 Å². The Bertz CT molecular complexity index is 1070. The lowest BCUT2D eigenvalue weighted by Crippen LogP contribution is -2.34. The molecule has 0 aromatic heterocycles. The molecule has 0 saturated carbocycles. The van der Waals surface area contributed by atoms with Crippen molar-refractivity contribution < 1.29 is 28.6 Å². The average molecular weight is 527 g/mol. The first-order valence-electron chi connectivity index (χ1n) is 8.90. The number of amides is 2. The van der Waals surface area contributed by atoms with Crippen LogP contribution >= 0.6 is 39.3 Å². The highest BCUT2D eigenvalue weighted by Gasteiger charge is 2.36. The Kier molecular flexibility index (Phi) is 7.64. The first kappa shape index (κ1) is 23.2. The van der Waals surface area contributed by atoms with Gasteiger partial charge >= 0.3 is 5.97 Å². The summed E-state index contributed by atoms with van der Waals surface area (Å²) in [6, 6.07) is 10.8. The van der Waals surface area contributed by atoms with Crippen molar-refractivity contribution >= 4 is 62.5 Å². The van der Waals surface area contributed by atoms with Crippen LogP contribution in [0.3, 0.4) is 0 Å². The van der Waals surface area contributed by atoms with E-state index in [2.05, 4.69) is 20.7 Å². The quantitative estimate of drug-likeness (QED) is 0.375. The Balaban J connectivity index is 1.83. The van der Waals surface area contributed by atoms with Gasteiger partial charge in [-0.3, -0.25) is 19.3 Å². The lowest BCUT2D eigenvalue weighted by molar-refractivity contribution is -0.143. The maximum absolute atomic E-state index is 12.5. The third-order valence-corrected chi connectivity index (χ3v) is 6.13. The van der Waals surface area contributed by atoms with Crippen LogP contribution in [-0.2, 0) is 20.9 Å². The summed E-state index contributed by atoms with van der Waals surface area (Å²) < 4.78 is 16.5. The van der Waals surface area contributed by atoms with Gasteiger partial charge in [-0.05, 0) is 57.5 Å². The number of ether oxygens (including phenoxy) is 3. The van der Waals surface area contributed by atoms with E-state index in [9.17, 15) is 14.4 Å². The molecule has 1 saturated heterocycles. The van der Waals surface area contributed by atoms with E-state index in [1.54, 1.807) is 24.3 Å². The van der Waals surface area contributed by atoms with Gasteiger partial charge in [0.15, 0.2) is 11.5 Å². The lowest BCUT2D eigenvalue weighted by atomic mass is 10.1. The molecular formula is C21H17BrClNO6S. The van der Waals surface area contributed by atoms with Crippen molar-refractivity contribution in [3.8, 4) is 11.5 Å². The van der Waals surface area contributed by atoms with Crippen LogP contribution in [0.2, 0.25) is 5.02 Å². The molecule has 1 aliphatic heterocycles. The standard InChI is InChI=1S/C21H17BrClNO6S/c1-28-16-8-12(9-17-20(26)24(21(27)31-17)10-18(25)29-2)7-14(22)19(16)30-11-13-5-3-4-6-15(13)23/h3-9H,10-11H2,1-2H3/b17-9+. The largest absolute Gasteiger partial charge is 0.493 e. The van der Waals surface area contributed by atoms with Crippen LogP contribution in [0.1, 0.15) is 11.1 Å². The monoisotopic (exact) mass is 525 g/mol. The second kappa shape index (κ2) is 10.2. The number of hydrogen-bond acceptors (Lipinski definition) is 7. The minimum Gasteiger partial charge on any atom is -0.493 e. The molecular weight excluding hydrogens is 510 g/mol. The molecule has 0 aliphatic carbocycles. The van der Waals surface area contributed by atoms with E-state index in [-0.39, 0.29) is 11.5 Å². The van der Waals surface area contributed by atoms with Crippen LogP contribution in [0, 0.1) is 0 Å². The molecule has 1 aliphatic rings. The van der Waals surface area contributed by atoms with E-state index >= 15 is 0 Å². The first-order chi connectivity index (χ1) is 14.8. The van der Waals surface area contributed by atoms with E-state index in [1.165, 1.54) is 14.2 Å². The number of esters is 1. The molecule has 0 N–H and O–H groups in total. The summed E-state index contributed by atoms with van der Waals surface area (Å²) in [5.74, 6) is -0.331. The topological polar surface area (TPSA) is 82.1 Å². The van der Waals surface area contributed by atoms with Gasteiger partial charge in [-0.2, -0.15) is 0 Å². The van der Waals surface area contributed by atoms with Crippen LogP contribution in [0.25, 0.3) is 6.08 Å². The minimum atomic E-state index is -0.673. The molecule has 0 atom stereocenters. The molecule has 31 heavy (non-hydrogen) atoms. The summed E-state index contributed by atoms with van der Waals surface area (Å²) in [4.78, 5) is 37.0. The molecule has 3 rings (SSSR count). The predicted molar refractivity (Wildman–Crippen MR) is 121 cm³/mol. The lowest BCUT2D eigenvalue weighted by Gasteiger charge is -2.14. The fraction of sp³-hybridized carbons (Fsp3) is 0.190. The minimum absolute atomic E-state index is 0.188. The summed E-state index contributed by atoms with van der Waals surface area (Å²) >= 11 is 10.4. The van der Waals surface area contributed by atoms with Crippen LogP contribution in [-0.4, -0.2) is 42.8 Å². The van der Waals surface area contributed by atoms with Gasteiger partial charge in [0.25, 0.3) is 11.1 Å². The van der Waals surface area contributed by atoms with Crippen molar-refractivity contribution in [2.75, 3.05) is 20.8 Å². The van der Waals surface area contributed by atoms with E-state index < -0.39 is 23.7 Å². The summed E-state index contributed by atoms with van der Waals surface area (Å²) in [7, 11) is 2.69. The number of benzene rings is 2. The molecule has 7 nitrogen and oxygen atoms in total. The van der Waals surface area contributed by atoms with Gasteiger partial charge in [0.1, 0.15) is 13.2 Å². The van der Waals surface area contributed by atoms with Crippen molar-refractivity contribution in [1.29, 1.82) is 0 Å². The number of nitrogens with zero attached hydrogens (tertiary/aromatic N) is 1. The number of halogens is 2. The van der Waals surface area contributed by atoms with Crippen molar-refractivity contribution in [1.82, 2.24) is 4.90 Å².